The number of hydrogen-bond acceptors (Lipinski definition) is 8. The van der Waals surface area contributed by atoms with Crippen molar-refractivity contribution in [3.63, 3.8) is 0 Å². The summed E-state index contributed by atoms with van der Waals surface area (Å²) in [5, 5.41) is 4.23. The lowest BCUT2D eigenvalue weighted by atomic mass is 9.96. The first kappa shape index (κ1) is 26.7. The van der Waals surface area contributed by atoms with Gasteiger partial charge in [-0.15, -0.1) is 23.1 Å². The highest BCUT2D eigenvalue weighted by molar-refractivity contribution is 8.03. The molecular formula is C29H26N2O6S2. The molecule has 1 saturated heterocycles. The van der Waals surface area contributed by atoms with Crippen molar-refractivity contribution in [3.8, 4) is 0 Å². The van der Waals surface area contributed by atoms with E-state index in [0.29, 0.717) is 12.0 Å². The Labute approximate surface area is 234 Å². The Morgan fingerprint density at radius 3 is 2.28 bits per heavy atom. The summed E-state index contributed by atoms with van der Waals surface area (Å²) in [6.07, 6.45) is -0.535. The molecule has 0 radical (unpaired) electrons. The average molecular weight is 563 g/mol. The van der Waals surface area contributed by atoms with Gasteiger partial charge in [0.05, 0.1) is 6.42 Å². The van der Waals surface area contributed by atoms with Gasteiger partial charge in [-0.3, -0.25) is 14.4 Å². The van der Waals surface area contributed by atoms with Gasteiger partial charge in [0.2, 0.25) is 11.8 Å². The Hall–Kier alpha value is -3.89. The van der Waals surface area contributed by atoms with E-state index in [-0.39, 0.29) is 24.8 Å². The van der Waals surface area contributed by atoms with Gasteiger partial charge in [0, 0.05) is 10.5 Å². The van der Waals surface area contributed by atoms with Gasteiger partial charge in [0.25, 0.3) is 6.47 Å². The lowest BCUT2D eigenvalue weighted by molar-refractivity contribution is -0.166. The fourth-order valence-corrected chi connectivity index (χ4v) is 6.80. The summed E-state index contributed by atoms with van der Waals surface area (Å²) in [7, 11) is 0. The molecular weight excluding hydrogens is 536 g/mol. The minimum Gasteiger partial charge on any atom is -0.463 e. The van der Waals surface area contributed by atoms with E-state index < -0.39 is 29.5 Å². The van der Waals surface area contributed by atoms with Crippen molar-refractivity contribution in [2.75, 3.05) is 6.61 Å². The minimum absolute atomic E-state index is 0.157. The maximum Gasteiger partial charge on any atom is 0.334 e. The molecule has 10 heteroatoms. The van der Waals surface area contributed by atoms with E-state index in [1.54, 1.807) is 0 Å². The number of β-lactam (4-membered cyclic amide) rings is 1. The molecule has 2 aromatic carbocycles. The van der Waals surface area contributed by atoms with Gasteiger partial charge in [-0.1, -0.05) is 66.7 Å². The van der Waals surface area contributed by atoms with Crippen LogP contribution in [-0.2, 0) is 35.1 Å². The van der Waals surface area contributed by atoms with Gasteiger partial charge in [-0.2, -0.15) is 0 Å². The topological polar surface area (TPSA) is 102 Å². The number of ether oxygens (including phenoxy) is 2. The number of fused-ring (bicyclic) bond motifs is 1. The molecule has 2 amide bonds. The van der Waals surface area contributed by atoms with E-state index in [1.807, 2.05) is 85.1 Å². The summed E-state index contributed by atoms with van der Waals surface area (Å²) in [5.74, 6) is -1.29. The van der Waals surface area contributed by atoms with E-state index in [1.165, 1.54) is 28.0 Å². The monoisotopic (exact) mass is 562 g/mol. The van der Waals surface area contributed by atoms with E-state index in [2.05, 4.69) is 5.32 Å². The molecule has 2 unspecified atom stereocenters. The first-order valence-electron chi connectivity index (χ1n) is 12.3. The van der Waals surface area contributed by atoms with Gasteiger partial charge >= 0.3 is 5.97 Å². The minimum atomic E-state index is -1.09. The van der Waals surface area contributed by atoms with Crippen LogP contribution in [0.3, 0.4) is 0 Å². The molecule has 200 valence electrons. The molecule has 1 N–H and O–H groups in total. The van der Waals surface area contributed by atoms with E-state index in [9.17, 15) is 19.2 Å². The maximum atomic E-state index is 13.9. The van der Waals surface area contributed by atoms with Crippen LogP contribution in [0.4, 0.5) is 0 Å². The van der Waals surface area contributed by atoms with Gasteiger partial charge in [-0.05, 0) is 34.4 Å². The SMILES string of the molecule is CC1=C(COC=O)C(C(=O)OC(c2ccccc2)c2ccccc2)N2C(=O)C(NC(=O)Cc3cccs3)[C@H]2S1. The number of allylic oxidation sites excluding steroid dienone is 1. The number of thiophene rings is 1. The summed E-state index contributed by atoms with van der Waals surface area (Å²) in [6.45, 7) is 1.96. The highest BCUT2D eigenvalue weighted by Crippen LogP contribution is 2.45. The van der Waals surface area contributed by atoms with Gasteiger partial charge in [0.15, 0.2) is 12.1 Å². The van der Waals surface area contributed by atoms with Crippen molar-refractivity contribution in [2.45, 2.75) is 36.9 Å². The Morgan fingerprint density at radius 2 is 1.69 bits per heavy atom. The van der Waals surface area contributed by atoms with Gasteiger partial charge in [-0.25, -0.2) is 4.79 Å². The summed E-state index contributed by atoms with van der Waals surface area (Å²) >= 11 is 2.83. The molecule has 2 aliphatic rings. The lowest BCUT2D eigenvalue weighted by Crippen LogP contribution is -2.74. The first-order valence-corrected chi connectivity index (χ1v) is 14.1. The molecule has 5 rings (SSSR count). The second kappa shape index (κ2) is 11.9. The molecule has 8 nitrogen and oxygen atoms in total. The Bertz CT molecular complexity index is 1340. The molecule has 39 heavy (non-hydrogen) atoms. The van der Waals surface area contributed by atoms with Gasteiger partial charge in [0.1, 0.15) is 18.0 Å². The largest absolute Gasteiger partial charge is 0.463 e. The number of carbonyl (C=O) groups excluding carboxylic acids is 4. The number of benzene rings is 2. The second-order valence-corrected chi connectivity index (χ2v) is 11.4. The standard InChI is InChI=1S/C29H26N2O6S2/c1-18-22(16-36-17-32)25(29(35)37-26(19-9-4-2-5-10-19)20-11-6-3-7-12-20)31-27(34)24(28(31)39-18)30-23(33)15-21-13-8-14-38-21/h2-14,17,24-26,28H,15-16H2,1H3,(H,30,33)/t24?,25?,28-/m1/s1. The Kier molecular flexibility index (Phi) is 8.13. The predicted molar refractivity (Wildman–Crippen MR) is 148 cm³/mol. The van der Waals surface area contributed by atoms with Crippen molar-refractivity contribution in [1.29, 1.82) is 0 Å². The first-order chi connectivity index (χ1) is 19.0. The fourth-order valence-electron chi connectivity index (χ4n) is 4.76. The van der Waals surface area contributed by atoms with Crippen molar-refractivity contribution in [3.05, 3.63) is 105 Å². The van der Waals surface area contributed by atoms with Crippen LogP contribution < -0.4 is 5.32 Å². The normalized spacial score (nSPS) is 20.2. The van der Waals surface area contributed by atoms with Crippen LogP contribution >= 0.6 is 23.1 Å². The number of nitrogens with zero attached hydrogens (tertiary/aromatic N) is 1. The summed E-state index contributed by atoms with van der Waals surface area (Å²) < 4.78 is 11.1. The smallest absolute Gasteiger partial charge is 0.334 e. The lowest BCUT2D eigenvalue weighted by Gasteiger charge is -2.52. The van der Waals surface area contributed by atoms with Crippen LogP contribution in [0.2, 0.25) is 0 Å². The number of thioether (sulfide) groups is 1. The molecule has 3 heterocycles. The third kappa shape index (κ3) is 5.62. The Balaban J connectivity index is 1.41. The highest BCUT2D eigenvalue weighted by atomic mass is 32.2. The third-order valence-corrected chi connectivity index (χ3v) is 8.87. The molecule has 3 aromatic rings. The van der Waals surface area contributed by atoms with Crippen molar-refractivity contribution in [2.24, 2.45) is 0 Å². The summed E-state index contributed by atoms with van der Waals surface area (Å²) in [6, 6.07) is 20.6. The van der Waals surface area contributed by atoms with Crippen LogP contribution in [0.1, 0.15) is 29.0 Å². The summed E-state index contributed by atoms with van der Waals surface area (Å²) in [5.41, 5.74) is 2.03. The van der Waals surface area contributed by atoms with Crippen LogP contribution in [-0.4, -0.2) is 53.2 Å². The fraction of sp³-hybridized carbons (Fsp3) is 0.241. The molecule has 1 fully saturated rings. The molecule has 1 aromatic heterocycles. The van der Waals surface area contributed by atoms with Crippen LogP contribution in [0.25, 0.3) is 0 Å². The van der Waals surface area contributed by atoms with Crippen molar-refractivity contribution >= 4 is 47.4 Å². The number of hydrogen-bond donors (Lipinski definition) is 1. The molecule has 0 spiro atoms. The number of carbonyl (C=O) groups is 4. The number of nitrogens with one attached hydrogen (secondary N) is 1. The highest BCUT2D eigenvalue weighted by Gasteiger charge is 2.57. The van der Waals surface area contributed by atoms with Crippen molar-refractivity contribution in [1.82, 2.24) is 10.2 Å². The van der Waals surface area contributed by atoms with E-state index in [0.717, 1.165) is 20.9 Å². The van der Waals surface area contributed by atoms with Crippen molar-refractivity contribution < 1.29 is 28.7 Å². The van der Waals surface area contributed by atoms with Crippen LogP contribution in [0.15, 0.2) is 88.7 Å². The predicted octanol–water partition coefficient (Wildman–Crippen LogP) is 3.84. The maximum absolute atomic E-state index is 13.9. The summed E-state index contributed by atoms with van der Waals surface area (Å²) in [4.78, 5) is 53.9. The quantitative estimate of drug-likeness (QED) is 0.228. The van der Waals surface area contributed by atoms with Crippen LogP contribution in [0.5, 0.6) is 0 Å². The zero-order valence-corrected chi connectivity index (χ0v) is 22.7. The van der Waals surface area contributed by atoms with Crippen LogP contribution in [0, 0.1) is 0 Å². The second-order valence-electron chi connectivity index (χ2n) is 9.08. The molecule has 0 aliphatic carbocycles. The Morgan fingerprint density at radius 1 is 1.03 bits per heavy atom. The molecule has 3 atom stereocenters. The zero-order valence-electron chi connectivity index (χ0n) is 21.0. The zero-order chi connectivity index (χ0) is 27.4. The van der Waals surface area contributed by atoms with E-state index >= 15 is 0 Å². The van der Waals surface area contributed by atoms with Gasteiger partial charge < -0.3 is 19.7 Å². The average Bonchev–Trinajstić information content (AvgIpc) is 3.47. The molecule has 0 bridgehead atoms. The van der Waals surface area contributed by atoms with E-state index in [4.69, 9.17) is 9.47 Å². The third-order valence-electron chi connectivity index (χ3n) is 6.64. The number of amides is 2. The molecule has 2 aliphatic heterocycles. The molecule has 0 saturated carbocycles. The number of esters is 1. The number of rotatable bonds is 10.